The number of nitrogens with one attached hydrogen (secondary N) is 1. The number of nitrogen functional groups attached to an aromatic ring is 1. The van der Waals surface area contributed by atoms with Crippen LogP contribution >= 0.6 is 0 Å². The van der Waals surface area contributed by atoms with Crippen LogP contribution in [0, 0.1) is 5.82 Å². The first-order valence-electron chi connectivity index (χ1n) is 9.72. The summed E-state index contributed by atoms with van der Waals surface area (Å²) >= 11 is 0. The summed E-state index contributed by atoms with van der Waals surface area (Å²) in [6.45, 7) is 3.01. The number of anilines is 2. The minimum absolute atomic E-state index is 0.148. The van der Waals surface area contributed by atoms with Gasteiger partial charge in [-0.05, 0) is 54.8 Å². The molecule has 158 valence electrons. The van der Waals surface area contributed by atoms with Gasteiger partial charge in [0.25, 0.3) is 0 Å². The Morgan fingerprint density at radius 2 is 1.87 bits per heavy atom. The molecule has 0 atom stereocenters. The summed E-state index contributed by atoms with van der Waals surface area (Å²) in [6.07, 6.45) is 1.94. The quantitative estimate of drug-likeness (QED) is 0.459. The molecule has 8 heteroatoms. The van der Waals surface area contributed by atoms with Crippen molar-refractivity contribution >= 4 is 23.2 Å². The maximum absolute atomic E-state index is 14.2. The van der Waals surface area contributed by atoms with E-state index < -0.39 is 11.4 Å². The normalized spacial score (nSPS) is 11.6. The number of halogens is 1. The van der Waals surface area contributed by atoms with Crippen LogP contribution in [-0.2, 0) is 16.8 Å². The van der Waals surface area contributed by atoms with Crippen LogP contribution in [0.2, 0.25) is 0 Å². The number of carbonyl (C=O) groups excluding carboxylic acids is 1. The van der Waals surface area contributed by atoms with Crippen molar-refractivity contribution in [3.63, 3.8) is 0 Å². The van der Waals surface area contributed by atoms with E-state index in [1.807, 2.05) is 36.4 Å². The van der Waals surface area contributed by atoms with Crippen molar-refractivity contribution in [1.82, 2.24) is 14.6 Å². The number of hydrogen-bond acceptors (Lipinski definition) is 5. The monoisotopic (exact) mass is 419 g/mol. The molecule has 0 aliphatic carbocycles. The van der Waals surface area contributed by atoms with Gasteiger partial charge in [-0.15, -0.1) is 5.10 Å². The van der Waals surface area contributed by atoms with Gasteiger partial charge in [0.05, 0.1) is 12.0 Å². The Labute approximate surface area is 178 Å². The highest BCUT2D eigenvalue weighted by molar-refractivity contribution is 5.92. The van der Waals surface area contributed by atoms with Crippen LogP contribution in [0.1, 0.15) is 25.0 Å². The Bertz CT molecular complexity index is 1260. The number of pyridine rings is 1. The third-order valence-electron chi connectivity index (χ3n) is 4.92. The molecule has 4 aromatic rings. The first-order valence-corrected chi connectivity index (χ1v) is 9.72. The fourth-order valence-corrected chi connectivity index (χ4v) is 3.37. The highest BCUT2D eigenvalue weighted by Gasteiger charge is 2.20. The Hall–Kier alpha value is -3.78. The molecule has 0 aliphatic heterocycles. The second-order valence-electron chi connectivity index (χ2n) is 7.86. The van der Waals surface area contributed by atoms with Gasteiger partial charge in [0.15, 0.2) is 5.65 Å². The van der Waals surface area contributed by atoms with Crippen LogP contribution in [0.15, 0.2) is 60.8 Å². The fraction of sp³-hybridized carbons (Fsp3) is 0.174. The summed E-state index contributed by atoms with van der Waals surface area (Å²) in [7, 11) is 0. The number of benzene rings is 2. The molecule has 2 aromatic heterocycles. The molecule has 31 heavy (non-hydrogen) atoms. The lowest BCUT2D eigenvalue weighted by Gasteiger charge is -2.19. The van der Waals surface area contributed by atoms with Crippen molar-refractivity contribution in [3.8, 4) is 11.1 Å². The van der Waals surface area contributed by atoms with E-state index in [4.69, 9.17) is 5.73 Å². The van der Waals surface area contributed by atoms with Gasteiger partial charge in [-0.2, -0.15) is 4.98 Å². The number of aliphatic hydroxyl groups is 1. The summed E-state index contributed by atoms with van der Waals surface area (Å²) in [4.78, 5) is 16.5. The van der Waals surface area contributed by atoms with E-state index in [9.17, 15) is 14.3 Å². The van der Waals surface area contributed by atoms with Gasteiger partial charge in [0.1, 0.15) is 5.82 Å². The molecule has 0 spiro atoms. The lowest BCUT2D eigenvalue weighted by atomic mass is 9.97. The smallest absolute Gasteiger partial charge is 0.240 e. The number of hydrogen-bond donors (Lipinski definition) is 3. The maximum atomic E-state index is 14.2. The standard InChI is InChI=1S/C23H22FN5O2/c1-23(2,31)18-8-7-17(13-19(18)24)26-21(30)11-14-3-5-15(6-4-14)16-9-10-29-20(12-16)27-22(25)28-29/h3-10,12-13,31H,11H2,1-2H3,(H2,25,28)(H,26,30). The lowest BCUT2D eigenvalue weighted by Crippen LogP contribution is -2.18. The second kappa shape index (κ2) is 7.81. The molecular weight excluding hydrogens is 397 g/mol. The number of amides is 1. The van der Waals surface area contributed by atoms with Crippen molar-refractivity contribution < 1.29 is 14.3 Å². The molecule has 7 nitrogen and oxygen atoms in total. The molecule has 0 fully saturated rings. The third kappa shape index (κ3) is 4.54. The zero-order valence-corrected chi connectivity index (χ0v) is 17.1. The van der Waals surface area contributed by atoms with E-state index in [1.165, 1.54) is 26.0 Å². The SMILES string of the molecule is CC(C)(O)c1ccc(NC(=O)Cc2ccc(-c3ccn4nc(N)nc4c3)cc2)cc1F. The molecule has 2 heterocycles. The van der Waals surface area contributed by atoms with Crippen molar-refractivity contribution in [1.29, 1.82) is 0 Å². The van der Waals surface area contributed by atoms with Gasteiger partial charge in [0.2, 0.25) is 11.9 Å². The van der Waals surface area contributed by atoms with Crippen molar-refractivity contribution in [2.75, 3.05) is 11.1 Å². The van der Waals surface area contributed by atoms with Gasteiger partial charge in [-0.1, -0.05) is 30.3 Å². The van der Waals surface area contributed by atoms with Crippen molar-refractivity contribution in [2.45, 2.75) is 25.9 Å². The van der Waals surface area contributed by atoms with E-state index in [2.05, 4.69) is 15.4 Å². The van der Waals surface area contributed by atoms with E-state index >= 15 is 0 Å². The average Bonchev–Trinajstić information content (AvgIpc) is 3.06. The Balaban J connectivity index is 1.43. The number of fused-ring (bicyclic) bond motifs is 1. The predicted octanol–water partition coefficient (Wildman–Crippen LogP) is 3.53. The van der Waals surface area contributed by atoms with Gasteiger partial charge >= 0.3 is 0 Å². The third-order valence-corrected chi connectivity index (χ3v) is 4.92. The zero-order valence-electron chi connectivity index (χ0n) is 17.1. The molecule has 0 aliphatic rings. The van der Waals surface area contributed by atoms with E-state index in [1.54, 1.807) is 16.8 Å². The van der Waals surface area contributed by atoms with Crippen LogP contribution < -0.4 is 11.1 Å². The van der Waals surface area contributed by atoms with E-state index in [-0.39, 0.29) is 23.8 Å². The summed E-state index contributed by atoms with van der Waals surface area (Å²) in [5.74, 6) is -0.613. The summed E-state index contributed by atoms with van der Waals surface area (Å²) < 4.78 is 15.8. The molecule has 4 rings (SSSR count). The molecule has 0 saturated heterocycles. The molecule has 1 amide bonds. The first-order chi connectivity index (χ1) is 14.7. The average molecular weight is 419 g/mol. The topological polar surface area (TPSA) is 106 Å². The summed E-state index contributed by atoms with van der Waals surface area (Å²) in [5, 5.41) is 16.7. The number of aromatic nitrogens is 3. The van der Waals surface area contributed by atoms with Gasteiger partial charge in [-0.3, -0.25) is 4.79 Å². The minimum atomic E-state index is -1.29. The molecule has 0 bridgehead atoms. The minimum Gasteiger partial charge on any atom is -0.386 e. The molecule has 0 radical (unpaired) electrons. The molecule has 4 N–H and O–H groups in total. The largest absolute Gasteiger partial charge is 0.386 e. The summed E-state index contributed by atoms with van der Waals surface area (Å²) in [5.41, 5.74) is 8.25. The predicted molar refractivity (Wildman–Crippen MR) is 117 cm³/mol. The maximum Gasteiger partial charge on any atom is 0.240 e. The zero-order chi connectivity index (χ0) is 22.2. The Morgan fingerprint density at radius 3 is 2.55 bits per heavy atom. The number of rotatable bonds is 5. The Morgan fingerprint density at radius 1 is 1.13 bits per heavy atom. The van der Waals surface area contributed by atoms with E-state index in [0.717, 1.165) is 16.7 Å². The molecule has 2 aromatic carbocycles. The molecule has 0 unspecified atom stereocenters. The van der Waals surface area contributed by atoms with E-state index in [0.29, 0.717) is 11.3 Å². The van der Waals surface area contributed by atoms with Crippen LogP contribution in [0.4, 0.5) is 16.0 Å². The van der Waals surface area contributed by atoms with Crippen molar-refractivity contribution in [3.05, 3.63) is 77.7 Å². The number of nitrogens with two attached hydrogens (primary N) is 1. The highest BCUT2D eigenvalue weighted by Crippen LogP contribution is 2.25. The summed E-state index contributed by atoms with van der Waals surface area (Å²) in [6, 6.07) is 15.6. The van der Waals surface area contributed by atoms with Gasteiger partial charge < -0.3 is 16.2 Å². The lowest BCUT2D eigenvalue weighted by molar-refractivity contribution is -0.115. The number of carbonyl (C=O) groups is 1. The second-order valence-corrected chi connectivity index (χ2v) is 7.86. The fourth-order valence-electron chi connectivity index (χ4n) is 3.37. The first kappa shape index (κ1) is 20.5. The Kier molecular flexibility index (Phi) is 5.16. The van der Waals surface area contributed by atoms with Crippen LogP contribution in [0.3, 0.4) is 0 Å². The number of nitrogens with zero attached hydrogens (tertiary/aromatic N) is 3. The molecule has 0 saturated carbocycles. The van der Waals surface area contributed by atoms with Crippen LogP contribution in [-0.4, -0.2) is 25.6 Å². The highest BCUT2D eigenvalue weighted by atomic mass is 19.1. The van der Waals surface area contributed by atoms with Gasteiger partial charge in [0, 0.05) is 17.4 Å². The molecular formula is C23H22FN5O2. The van der Waals surface area contributed by atoms with Crippen LogP contribution in [0.5, 0.6) is 0 Å². The van der Waals surface area contributed by atoms with Gasteiger partial charge in [-0.25, -0.2) is 8.91 Å². The van der Waals surface area contributed by atoms with Crippen LogP contribution in [0.25, 0.3) is 16.8 Å². The van der Waals surface area contributed by atoms with Crippen molar-refractivity contribution in [2.24, 2.45) is 0 Å².